The van der Waals surface area contributed by atoms with Gasteiger partial charge in [0.1, 0.15) is 0 Å². The van der Waals surface area contributed by atoms with Crippen molar-refractivity contribution < 1.29 is 9.90 Å². The molecule has 0 spiro atoms. The number of hydrogen-bond donors (Lipinski definition) is 2. The Hall–Kier alpha value is -0.570. The molecule has 1 aliphatic rings. The van der Waals surface area contributed by atoms with E-state index >= 15 is 0 Å². The third kappa shape index (κ3) is 3.49. The Labute approximate surface area is 92.3 Å². The first kappa shape index (κ1) is 12.5. The number of aliphatic carboxylic acids is 1. The highest BCUT2D eigenvalue weighted by Gasteiger charge is 2.38. The molecule has 15 heavy (non-hydrogen) atoms. The second kappa shape index (κ2) is 4.52. The molecule has 0 radical (unpaired) electrons. The van der Waals surface area contributed by atoms with Crippen LogP contribution in [0, 0.1) is 5.41 Å². The summed E-state index contributed by atoms with van der Waals surface area (Å²) in [6, 6.07) is 0. The lowest BCUT2D eigenvalue weighted by molar-refractivity contribution is -0.139. The molecule has 1 aliphatic carbocycles. The first-order valence-corrected chi connectivity index (χ1v) is 5.86. The van der Waals surface area contributed by atoms with Crippen LogP contribution >= 0.6 is 0 Å². The van der Waals surface area contributed by atoms with Crippen LogP contribution in [-0.2, 0) is 4.79 Å². The van der Waals surface area contributed by atoms with Gasteiger partial charge in [-0.05, 0) is 37.6 Å². The lowest BCUT2D eigenvalue weighted by Crippen LogP contribution is -2.50. The predicted octanol–water partition coefficient (Wildman–Crippen LogP) is 2.41. The number of hydrogen-bond acceptors (Lipinski definition) is 2. The van der Waals surface area contributed by atoms with Gasteiger partial charge >= 0.3 is 5.97 Å². The fourth-order valence-electron chi connectivity index (χ4n) is 2.49. The van der Waals surface area contributed by atoms with Gasteiger partial charge in [0.25, 0.3) is 0 Å². The molecule has 1 fully saturated rings. The Morgan fingerprint density at radius 3 is 2.20 bits per heavy atom. The summed E-state index contributed by atoms with van der Waals surface area (Å²) in [4.78, 5) is 10.9. The van der Waals surface area contributed by atoms with Crippen molar-refractivity contribution in [2.45, 2.75) is 58.4 Å². The van der Waals surface area contributed by atoms with Crippen molar-refractivity contribution in [3.63, 3.8) is 0 Å². The highest BCUT2D eigenvalue weighted by molar-refractivity contribution is 5.68. The van der Waals surface area contributed by atoms with Crippen molar-refractivity contribution in [1.29, 1.82) is 0 Å². The van der Waals surface area contributed by atoms with Crippen molar-refractivity contribution in [3.8, 4) is 0 Å². The van der Waals surface area contributed by atoms with Gasteiger partial charge in [-0.1, -0.05) is 20.8 Å². The quantitative estimate of drug-likeness (QED) is 0.754. The van der Waals surface area contributed by atoms with Gasteiger partial charge in [-0.15, -0.1) is 0 Å². The number of carboxylic acid groups (broad SMARTS) is 1. The second-order valence-corrected chi connectivity index (χ2v) is 5.55. The molecule has 0 aromatic heterocycles. The molecule has 0 heterocycles. The fourth-order valence-corrected chi connectivity index (χ4v) is 2.49. The number of rotatable bonds is 4. The second-order valence-electron chi connectivity index (χ2n) is 5.55. The Morgan fingerprint density at radius 1 is 1.27 bits per heavy atom. The maximum Gasteiger partial charge on any atom is 0.305 e. The van der Waals surface area contributed by atoms with Gasteiger partial charge in [-0.25, -0.2) is 0 Å². The van der Waals surface area contributed by atoms with E-state index in [-0.39, 0.29) is 12.0 Å². The zero-order chi connectivity index (χ0) is 11.5. The van der Waals surface area contributed by atoms with E-state index in [4.69, 9.17) is 5.11 Å². The van der Waals surface area contributed by atoms with Crippen LogP contribution in [0.2, 0.25) is 0 Å². The molecular formula is C12H23NO2. The largest absolute Gasteiger partial charge is 0.481 e. The molecule has 0 saturated heterocycles. The maximum absolute atomic E-state index is 10.9. The van der Waals surface area contributed by atoms with Crippen LogP contribution in [0.3, 0.4) is 0 Å². The van der Waals surface area contributed by atoms with Crippen molar-refractivity contribution >= 4 is 5.97 Å². The Morgan fingerprint density at radius 2 is 1.80 bits per heavy atom. The molecule has 0 bridgehead atoms. The summed E-state index contributed by atoms with van der Waals surface area (Å²) in [7, 11) is 0. The van der Waals surface area contributed by atoms with Crippen molar-refractivity contribution in [3.05, 3.63) is 0 Å². The van der Waals surface area contributed by atoms with Crippen LogP contribution in [0.4, 0.5) is 0 Å². The van der Waals surface area contributed by atoms with Crippen LogP contribution < -0.4 is 5.32 Å². The molecule has 3 heteroatoms. The monoisotopic (exact) mass is 213 g/mol. The molecule has 0 aromatic carbocycles. The molecule has 0 atom stereocenters. The van der Waals surface area contributed by atoms with Crippen LogP contribution in [-0.4, -0.2) is 23.2 Å². The third-order valence-electron chi connectivity index (χ3n) is 3.60. The van der Waals surface area contributed by atoms with Gasteiger partial charge in [0, 0.05) is 5.54 Å². The predicted molar refractivity (Wildman–Crippen MR) is 60.9 cm³/mol. The molecule has 2 N–H and O–H groups in total. The molecular weight excluding hydrogens is 190 g/mol. The lowest BCUT2D eigenvalue weighted by Gasteiger charge is -2.43. The normalized spacial score (nSPS) is 23.7. The van der Waals surface area contributed by atoms with Crippen molar-refractivity contribution in [2.75, 3.05) is 6.54 Å². The van der Waals surface area contributed by atoms with Gasteiger partial charge in [-0.3, -0.25) is 4.79 Å². The highest BCUT2D eigenvalue weighted by Crippen LogP contribution is 2.41. The zero-order valence-corrected chi connectivity index (χ0v) is 10.1. The van der Waals surface area contributed by atoms with Gasteiger partial charge in [0.05, 0.1) is 6.42 Å². The molecule has 0 aliphatic heterocycles. The SMILES string of the molecule is CCNC1(CC(=O)O)CCC(C)(C)CC1. The number of nitrogens with one attached hydrogen (secondary N) is 1. The molecule has 88 valence electrons. The summed E-state index contributed by atoms with van der Waals surface area (Å²) in [5.41, 5.74) is 0.244. The Kier molecular flexibility index (Phi) is 3.77. The van der Waals surface area contributed by atoms with Crippen LogP contribution in [0.1, 0.15) is 52.9 Å². The summed E-state index contributed by atoms with van der Waals surface area (Å²) < 4.78 is 0. The lowest BCUT2D eigenvalue weighted by atomic mass is 9.68. The molecule has 0 amide bonds. The fraction of sp³-hybridized carbons (Fsp3) is 0.917. The van der Waals surface area contributed by atoms with Gasteiger partial charge in [0.15, 0.2) is 0 Å². The van der Waals surface area contributed by atoms with E-state index < -0.39 is 5.97 Å². The van der Waals surface area contributed by atoms with Gasteiger partial charge in [-0.2, -0.15) is 0 Å². The van der Waals surface area contributed by atoms with E-state index in [9.17, 15) is 4.79 Å². The van der Waals surface area contributed by atoms with Gasteiger partial charge in [0.2, 0.25) is 0 Å². The smallest absolute Gasteiger partial charge is 0.305 e. The van der Waals surface area contributed by atoms with Crippen molar-refractivity contribution in [1.82, 2.24) is 5.32 Å². The van der Waals surface area contributed by atoms with E-state index in [0.717, 1.165) is 32.2 Å². The first-order valence-electron chi connectivity index (χ1n) is 5.86. The van der Waals surface area contributed by atoms with Gasteiger partial charge < -0.3 is 10.4 Å². The minimum absolute atomic E-state index is 0.143. The van der Waals surface area contributed by atoms with E-state index in [0.29, 0.717) is 5.41 Å². The third-order valence-corrected chi connectivity index (χ3v) is 3.60. The first-order chi connectivity index (χ1) is 6.89. The van der Waals surface area contributed by atoms with Crippen molar-refractivity contribution in [2.24, 2.45) is 5.41 Å². The summed E-state index contributed by atoms with van der Waals surface area (Å²) in [5, 5.41) is 12.3. The van der Waals surface area contributed by atoms with E-state index in [1.807, 2.05) is 6.92 Å². The summed E-state index contributed by atoms with van der Waals surface area (Å²) in [6.07, 6.45) is 4.47. The standard InChI is InChI=1S/C12H23NO2/c1-4-13-12(9-10(14)15)7-5-11(2,3)6-8-12/h13H,4-9H2,1-3H3,(H,14,15). The van der Waals surface area contributed by atoms with Crippen LogP contribution in [0.5, 0.6) is 0 Å². The average molecular weight is 213 g/mol. The molecule has 0 unspecified atom stereocenters. The summed E-state index contributed by atoms with van der Waals surface area (Å²) in [6.45, 7) is 7.43. The number of carboxylic acids is 1. The average Bonchev–Trinajstić information content (AvgIpc) is 2.10. The van der Waals surface area contributed by atoms with E-state index in [2.05, 4.69) is 19.2 Å². The van der Waals surface area contributed by atoms with Crippen LogP contribution in [0.25, 0.3) is 0 Å². The minimum atomic E-state index is -0.685. The van der Waals surface area contributed by atoms with E-state index in [1.165, 1.54) is 0 Å². The summed E-state index contributed by atoms with van der Waals surface area (Å²) in [5.74, 6) is -0.685. The molecule has 1 rings (SSSR count). The maximum atomic E-state index is 10.9. The Balaban J connectivity index is 2.64. The highest BCUT2D eigenvalue weighted by atomic mass is 16.4. The molecule has 0 aromatic rings. The number of carbonyl (C=O) groups is 1. The zero-order valence-electron chi connectivity index (χ0n) is 10.1. The van der Waals surface area contributed by atoms with Crippen LogP contribution in [0.15, 0.2) is 0 Å². The Bertz CT molecular complexity index is 226. The molecule has 3 nitrogen and oxygen atoms in total. The molecule has 1 saturated carbocycles. The topological polar surface area (TPSA) is 49.3 Å². The minimum Gasteiger partial charge on any atom is -0.481 e. The van der Waals surface area contributed by atoms with E-state index in [1.54, 1.807) is 0 Å². The summed E-state index contributed by atoms with van der Waals surface area (Å²) >= 11 is 0.